The molecule has 0 unspecified atom stereocenters. The molecule has 0 radical (unpaired) electrons. The zero-order valence-electron chi connectivity index (χ0n) is 33.5. The molecule has 0 bridgehead atoms. The summed E-state index contributed by atoms with van der Waals surface area (Å²) in [5.74, 6) is 1.78. The fraction of sp³-hybridized carbons (Fsp3) is 0.0172. The van der Waals surface area contributed by atoms with Crippen LogP contribution in [-0.4, -0.2) is 15.0 Å². The Kier molecular flexibility index (Phi) is 7.49. The van der Waals surface area contributed by atoms with Crippen molar-refractivity contribution >= 4 is 21.9 Å². The van der Waals surface area contributed by atoms with Crippen LogP contribution >= 0.6 is 0 Å². The monoisotopic (exact) mass is 789 g/mol. The van der Waals surface area contributed by atoms with Crippen molar-refractivity contribution in [1.82, 2.24) is 15.0 Å². The van der Waals surface area contributed by atoms with Gasteiger partial charge in [-0.1, -0.05) is 188 Å². The lowest BCUT2D eigenvalue weighted by atomic mass is 9.66. The van der Waals surface area contributed by atoms with Gasteiger partial charge in [0.25, 0.3) is 0 Å². The van der Waals surface area contributed by atoms with Crippen molar-refractivity contribution in [3.8, 4) is 78.7 Å². The molecule has 0 amide bonds. The van der Waals surface area contributed by atoms with Gasteiger partial charge in [0.15, 0.2) is 17.5 Å². The van der Waals surface area contributed by atoms with E-state index in [9.17, 15) is 0 Å². The molecular formula is C58H35N3O. The molecule has 0 atom stereocenters. The number of furan rings is 1. The van der Waals surface area contributed by atoms with Crippen molar-refractivity contribution in [3.63, 3.8) is 0 Å². The van der Waals surface area contributed by atoms with E-state index in [4.69, 9.17) is 19.4 Å². The number of fused-ring (bicyclic) bond motifs is 15. The first-order chi connectivity index (χ1) is 30.7. The predicted molar refractivity (Wildman–Crippen MR) is 251 cm³/mol. The molecular weight excluding hydrogens is 755 g/mol. The maximum absolute atomic E-state index is 6.39. The molecule has 62 heavy (non-hydrogen) atoms. The molecule has 288 valence electrons. The lowest BCUT2D eigenvalue weighted by Gasteiger charge is -2.35. The highest BCUT2D eigenvalue weighted by molar-refractivity contribution is 6.06. The average molecular weight is 790 g/mol. The molecule has 0 fully saturated rings. The fourth-order valence-electron chi connectivity index (χ4n) is 10.4. The highest BCUT2D eigenvalue weighted by atomic mass is 16.3. The standard InChI is InChI=1S/C58H35N3O/c1-2-16-36(17-3-1)39-18-4-7-25-48(39)57-60-55(59-56(61-57)38-31-33-47-46-24-11-15-29-53(46)62-54(47)35-38)37-30-32-45-44-23-10-14-28-51(44)58(52(45)34-37)49-26-12-8-21-42(49)40-19-5-6-20-41(40)43-22-9-13-27-50(43)58/h1-35H. The van der Waals surface area contributed by atoms with Gasteiger partial charge in [0, 0.05) is 27.5 Å². The van der Waals surface area contributed by atoms with Gasteiger partial charge in [-0.05, 0) is 91.0 Å². The van der Waals surface area contributed by atoms with E-state index < -0.39 is 5.41 Å². The number of aromatic nitrogens is 3. The molecule has 9 aromatic carbocycles. The van der Waals surface area contributed by atoms with Crippen LogP contribution in [-0.2, 0) is 5.41 Å². The van der Waals surface area contributed by atoms with E-state index in [1.807, 2.05) is 24.3 Å². The first-order valence-electron chi connectivity index (χ1n) is 21.1. The number of hydrogen-bond acceptors (Lipinski definition) is 4. The summed E-state index contributed by atoms with van der Waals surface area (Å²) in [7, 11) is 0. The molecule has 0 N–H and O–H groups in total. The van der Waals surface area contributed by atoms with Crippen LogP contribution in [0.15, 0.2) is 217 Å². The topological polar surface area (TPSA) is 51.8 Å². The van der Waals surface area contributed by atoms with Crippen LogP contribution in [0.5, 0.6) is 0 Å². The van der Waals surface area contributed by atoms with Crippen LogP contribution in [0, 0.1) is 0 Å². The highest BCUT2D eigenvalue weighted by Crippen LogP contribution is 2.61. The van der Waals surface area contributed by atoms with Crippen molar-refractivity contribution in [3.05, 3.63) is 235 Å². The summed E-state index contributed by atoms with van der Waals surface area (Å²) >= 11 is 0. The van der Waals surface area contributed by atoms with Crippen LogP contribution in [0.2, 0.25) is 0 Å². The van der Waals surface area contributed by atoms with E-state index in [-0.39, 0.29) is 0 Å². The molecule has 0 saturated carbocycles. The first kappa shape index (κ1) is 34.6. The second-order valence-electron chi connectivity index (χ2n) is 16.2. The number of nitrogens with zero attached hydrogens (tertiary/aromatic N) is 3. The van der Waals surface area contributed by atoms with Gasteiger partial charge in [0.1, 0.15) is 11.2 Å². The second kappa shape index (κ2) is 13.4. The van der Waals surface area contributed by atoms with Crippen LogP contribution in [0.25, 0.3) is 101 Å². The smallest absolute Gasteiger partial charge is 0.164 e. The molecule has 2 heterocycles. The van der Waals surface area contributed by atoms with Crippen molar-refractivity contribution in [2.75, 3.05) is 0 Å². The van der Waals surface area contributed by atoms with Gasteiger partial charge in [-0.15, -0.1) is 0 Å². The predicted octanol–water partition coefficient (Wildman–Crippen LogP) is 14.4. The number of para-hydroxylation sites is 1. The average Bonchev–Trinajstić information content (AvgIpc) is 3.83. The van der Waals surface area contributed by atoms with E-state index in [0.29, 0.717) is 17.5 Å². The number of benzene rings is 9. The first-order valence-corrected chi connectivity index (χ1v) is 21.1. The summed E-state index contributed by atoms with van der Waals surface area (Å²) in [6.07, 6.45) is 0. The molecule has 2 aliphatic carbocycles. The Hall–Kier alpha value is -8.21. The lowest BCUT2D eigenvalue weighted by Crippen LogP contribution is -2.29. The molecule has 0 aliphatic heterocycles. The van der Waals surface area contributed by atoms with Gasteiger partial charge in [0.2, 0.25) is 0 Å². The maximum Gasteiger partial charge on any atom is 0.164 e. The van der Waals surface area contributed by atoms with E-state index in [2.05, 4.69) is 188 Å². The van der Waals surface area contributed by atoms with Gasteiger partial charge >= 0.3 is 0 Å². The summed E-state index contributed by atoms with van der Waals surface area (Å²) in [5.41, 5.74) is 18.2. The minimum Gasteiger partial charge on any atom is -0.456 e. The van der Waals surface area contributed by atoms with Gasteiger partial charge < -0.3 is 4.42 Å². The zero-order chi connectivity index (χ0) is 40.8. The van der Waals surface area contributed by atoms with Crippen molar-refractivity contribution < 1.29 is 4.42 Å². The third-order valence-electron chi connectivity index (χ3n) is 13.0. The van der Waals surface area contributed by atoms with Gasteiger partial charge in [-0.3, -0.25) is 0 Å². The minimum absolute atomic E-state index is 0.578. The number of rotatable bonds is 4. The second-order valence-corrected chi connectivity index (χ2v) is 16.2. The van der Waals surface area contributed by atoms with Gasteiger partial charge in [0.05, 0.1) is 5.41 Å². The Morgan fingerprint density at radius 2 is 0.726 bits per heavy atom. The molecule has 13 rings (SSSR count). The van der Waals surface area contributed by atoms with Crippen LogP contribution in [0.3, 0.4) is 0 Å². The molecule has 1 spiro atoms. The third-order valence-corrected chi connectivity index (χ3v) is 13.0. The quantitative estimate of drug-likeness (QED) is 0.178. The van der Waals surface area contributed by atoms with Crippen LogP contribution in [0.1, 0.15) is 22.3 Å². The minimum atomic E-state index is -0.626. The zero-order valence-corrected chi connectivity index (χ0v) is 33.5. The normalized spacial score (nSPS) is 13.0. The van der Waals surface area contributed by atoms with Crippen molar-refractivity contribution in [2.24, 2.45) is 0 Å². The molecule has 4 nitrogen and oxygen atoms in total. The Morgan fingerprint density at radius 1 is 0.274 bits per heavy atom. The lowest BCUT2D eigenvalue weighted by molar-refractivity contribution is 0.669. The van der Waals surface area contributed by atoms with Crippen molar-refractivity contribution in [2.45, 2.75) is 5.41 Å². The fourth-order valence-corrected chi connectivity index (χ4v) is 10.4. The molecule has 0 saturated heterocycles. The van der Waals surface area contributed by atoms with E-state index in [1.165, 1.54) is 55.6 Å². The summed E-state index contributed by atoms with van der Waals surface area (Å²) in [4.78, 5) is 16.0. The molecule has 11 aromatic rings. The third kappa shape index (κ3) is 4.98. The molecule has 2 aliphatic rings. The molecule has 2 aromatic heterocycles. The Balaban J connectivity index is 1.08. The summed E-state index contributed by atoms with van der Waals surface area (Å²) < 4.78 is 6.39. The maximum atomic E-state index is 6.39. The highest BCUT2D eigenvalue weighted by Gasteiger charge is 2.49. The summed E-state index contributed by atoms with van der Waals surface area (Å²) in [6, 6.07) is 75.9. The Labute approximate surface area is 358 Å². The Morgan fingerprint density at radius 3 is 1.39 bits per heavy atom. The summed E-state index contributed by atoms with van der Waals surface area (Å²) in [5, 5.41) is 2.14. The SMILES string of the molecule is c1ccc(-c2ccccc2-c2nc(-c3ccc4c(c3)C3(c5ccccc5-c5ccccc5-c5ccccc53)c3ccccc3-4)nc(-c3ccc4c(c3)oc3ccccc34)n2)cc1. The Bertz CT molecular complexity index is 3540. The number of hydrogen-bond donors (Lipinski definition) is 0. The van der Waals surface area contributed by atoms with Crippen LogP contribution in [0.4, 0.5) is 0 Å². The van der Waals surface area contributed by atoms with Gasteiger partial charge in [-0.2, -0.15) is 0 Å². The van der Waals surface area contributed by atoms with Crippen LogP contribution < -0.4 is 0 Å². The summed E-state index contributed by atoms with van der Waals surface area (Å²) in [6.45, 7) is 0. The van der Waals surface area contributed by atoms with E-state index in [0.717, 1.165) is 49.8 Å². The molecule has 4 heteroatoms. The van der Waals surface area contributed by atoms with E-state index >= 15 is 0 Å². The largest absolute Gasteiger partial charge is 0.456 e. The van der Waals surface area contributed by atoms with Gasteiger partial charge in [-0.25, -0.2) is 15.0 Å². The van der Waals surface area contributed by atoms with E-state index in [1.54, 1.807) is 0 Å². The van der Waals surface area contributed by atoms with Crippen molar-refractivity contribution in [1.29, 1.82) is 0 Å².